The van der Waals surface area contributed by atoms with Crippen molar-refractivity contribution in [3.8, 4) is 0 Å². The average Bonchev–Trinajstić information content (AvgIpc) is 2.27. The minimum atomic E-state index is 0.109. The molecule has 0 bridgehead atoms. The van der Waals surface area contributed by atoms with E-state index in [1.807, 2.05) is 6.92 Å². The molecular formula is C8H14ClN5O. The first-order valence-electron chi connectivity index (χ1n) is 4.51. The summed E-state index contributed by atoms with van der Waals surface area (Å²) in [7, 11) is 0. The third-order valence-corrected chi connectivity index (χ3v) is 2.08. The van der Waals surface area contributed by atoms with Gasteiger partial charge in [0.1, 0.15) is 5.02 Å². The van der Waals surface area contributed by atoms with Gasteiger partial charge in [0, 0.05) is 13.2 Å². The van der Waals surface area contributed by atoms with Gasteiger partial charge in [-0.15, -0.1) is 0 Å². The number of nitrogens with one attached hydrogen (secondary N) is 2. The van der Waals surface area contributed by atoms with Crippen molar-refractivity contribution in [2.24, 2.45) is 11.8 Å². The summed E-state index contributed by atoms with van der Waals surface area (Å²) in [4.78, 5) is 7.86. The van der Waals surface area contributed by atoms with E-state index in [-0.39, 0.29) is 12.5 Å². The second-order valence-corrected chi connectivity index (χ2v) is 3.61. The van der Waals surface area contributed by atoms with Crippen molar-refractivity contribution in [1.82, 2.24) is 9.97 Å². The molecule has 1 aromatic rings. The summed E-state index contributed by atoms with van der Waals surface area (Å²) >= 11 is 5.86. The molecule has 0 aliphatic carbocycles. The largest absolute Gasteiger partial charge is 0.396 e. The third kappa shape index (κ3) is 3.50. The molecule has 0 saturated carbocycles. The highest BCUT2D eigenvalue weighted by Gasteiger charge is 2.06. The molecule has 1 unspecified atom stereocenters. The minimum absolute atomic E-state index is 0.109. The average molecular weight is 232 g/mol. The topological polar surface area (TPSA) is 96.1 Å². The maximum atomic E-state index is 8.84. The molecule has 5 N–H and O–H groups in total. The molecule has 1 aromatic heterocycles. The van der Waals surface area contributed by atoms with Crippen LogP contribution in [0.1, 0.15) is 6.92 Å². The van der Waals surface area contributed by atoms with Crippen LogP contribution in [0.4, 0.5) is 11.8 Å². The van der Waals surface area contributed by atoms with Crippen LogP contribution in [0.15, 0.2) is 6.20 Å². The van der Waals surface area contributed by atoms with Gasteiger partial charge in [-0.3, -0.25) is 5.43 Å². The molecule has 7 heteroatoms. The number of nitrogens with zero attached hydrogens (tertiary/aromatic N) is 2. The van der Waals surface area contributed by atoms with Crippen molar-refractivity contribution in [3.05, 3.63) is 11.2 Å². The first-order chi connectivity index (χ1) is 7.17. The fourth-order valence-corrected chi connectivity index (χ4v) is 1.05. The Morgan fingerprint density at radius 3 is 3.00 bits per heavy atom. The Morgan fingerprint density at radius 2 is 2.40 bits per heavy atom. The zero-order valence-electron chi connectivity index (χ0n) is 8.37. The molecule has 1 heterocycles. The van der Waals surface area contributed by atoms with E-state index in [2.05, 4.69) is 20.7 Å². The number of aliphatic hydroxyl groups is 1. The van der Waals surface area contributed by atoms with Crippen molar-refractivity contribution < 1.29 is 5.11 Å². The lowest BCUT2D eigenvalue weighted by Gasteiger charge is -2.11. The molecule has 6 nitrogen and oxygen atoms in total. The molecule has 0 saturated heterocycles. The summed E-state index contributed by atoms with van der Waals surface area (Å²) in [5, 5.41) is 12.3. The predicted octanol–water partition coefficient (Wildman–Crippen LogP) is 0.456. The molecule has 0 aliphatic heterocycles. The summed E-state index contributed by atoms with van der Waals surface area (Å²) in [5.41, 5.74) is 2.33. The van der Waals surface area contributed by atoms with Crippen LogP contribution in [0, 0.1) is 5.92 Å². The van der Waals surface area contributed by atoms with Gasteiger partial charge in [-0.1, -0.05) is 18.5 Å². The number of hydrogen-bond acceptors (Lipinski definition) is 6. The SMILES string of the molecule is CC(CO)CNc1nc(NN)ncc1Cl. The predicted molar refractivity (Wildman–Crippen MR) is 59.6 cm³/mol. The molecule has 1 rings (SSSR count). The molecule has 84 valence electrons. The first-order valence-corrected chi connectivity index (χ1v) is 4.89. The molecule has 0 aromatic carbocycles. The van der Waals surface area contributed by atoms with Crippen molar-refractivity contribution in [1.29, 1.82) is 0 Å². The van der Waals surface area contributed by atoms with Gasteiger partial charge in [-0.05, 0) is 5.92 Å². The molecule has 0 aliphatic rings. The highest BCUT2D eigenvalue weighted by molar-refractivity contribution is 6.32. The standard InChI is InChI=1S/C8H14ClN5O/c1-5(4-15)2-11-7-6(9)3-12-8(13-7)14-10/h3,5,15H,2,4,10H2,1H3,(H2,11,12,13,14). The number of nitrogen functional groups attached to an aromatic ring is 1. The minimum Gasteiger partial charge on any atom is -0.396 e. The van der Waals surface area contributed by atoms with E-state index < -0.39 is 0 Å². The number of nitrogens with two attached hydrogens (primary N) is 1. The lowest BCUT2D eigenvalue weighted by molar-refractivity contribution is 0.244. The van der Waals surface area contributed by atoms with Crippen LogP contribution in [0.2, 0.25) is 5.02 Å². The van der Waals surface area contributed by atoms with E-state index in [1.54, 1.807) is 0 Å². The van der Waals surface area contributed by atoms with Crippen LogP contribution >= 0.6 is 11.6 Å². The van der Waals surface area contributed by atoms with Gasteiger partial charge in [-0.2, -0.15) is 4.98 Å². The summed E-state index contributed by atoms with van der Waals surface area (Å²) in [5.74, 6) is 6.09. The number of rotatable bonds is 5. The monoisotopic (exact) mass is 231 g/mol. The number of hydrazine groups is 1. The van der Waals surface area contributed by atoms with Gasteiger partial charge >= 0.3 is 0 Å². The summed E-state index contributed by atoms with van der Waals surface area (Å²) < 4.78 is 0. The van der Waals surface area contributed by atoms with E-state index in [9.17, 15) is 0 Å². The fourth-order valence-electron chi connectivity index (χ4n) is 0.896. The van der Waals surface area contributed by atoms with Gasteiger partial charge in [0.25, 0.3) is 0 Å². The molecule has 0 fully saturated rings. The number of aliphatic hydroxyl groups excluding tert-OH is 1. The molecule has 0 spiro atoms. The number of halogens is 1. The highest BCUT2D eigenvalue weighted by Crippen LogP contribution is 2.19. The van der Waals surface area contributed by atoms with Crippen LogP contribution in [0.3, 0.4) is 0 Å². The summed E-state index contributed by atoms with van der Waals surface area (Å²) in [6, 6.07) is 0. The summed E-state index contributed by atoms with van der Waals surface area (Å²) in [6.45, 7) is 2.60. The Bertz CT molecular complexity index is 322. The Labute approximate surface area is 92.8 Å². The second kappa shape index (κ2) is 5.69. The van der Waals surface area contributed by atoms with E-state index in [1.165, 1.54) is 6.20 Å². The first kappa shape index (κ1) is 12.0. The van der Waals surface area contributed by atoms with Gasteiger partial charge in [-0.25, -0.2) is 10.8 Å². The zero-order chi connectivity index (χ0) is 11.3. The quantitative estimate of drug-likeness (QED) is 0.434. The van der Waals surface area contributed by atoms with Crippen LogP contribution in [0.25, 0.3) is 0 Å². The Kier molecular flexibility index (Phi) is 4.54. The van der Waals surface area contributed by atoms with Gasteiger partial charge < -0.3 is 10.4 Å². The fraction of sp³-hybridized carbons (Fsp3) is 0.500. The molecular weight excluding hydrogens is 218 g/mol. The van der Waals surface area contributed by atoms with E-state index in [0.29, 0.717) is 23.3 Å². The van der Waals surface area contributed by atoms with Crippen molar-refractivity contribution >= 4 is 23.4 Å². The third-order valence-electron chi connectivity index (χ3n) is 1.80. The smallest absolute Gasteiger partial charge is 0.239 e. The maximum Gasteiger partial charge on any atom is 0.239 e. The maximum absolute atomic E-state index is 8.84. The van der Waals surface area contributed by atoms with E-state index in [4.69, 9.17) is 22.6 Å². The second-order valence-electron chi connectivity index (χ2n) is 3.20. The van der Waals surface area contributed by atoms with Crippen LogP contribution in [-0.2, 0) is 0 Å². The van der Waals surface area contributed by atoms with Crippen LogP contribution < -0.4 is 16.6 Å². The Morgan fingerprint density at radius 1 is 1.67 bits per heavy atom. The lowest BCUT2D eigenvalue weighted by atomic mass is 10.2. The van der Waals surface area contributed by atoms with Crippen LogP contribution in [0.5, 0.6) is 0 Å². The summed E-state index contributed by atoms with van der Waals surface area (Å²) in [6.07, 6.45) is 1.45. The normalized spacial score (nSPS) is 12.3. The van der Waals surface area contributed by atoms with Crippen molar-refractivity contribution in [2.75, 3.05) is 23.9 Å². The Balaban J connectivity index is 2.66. The van der Waals surface area contributed by atoms with Gasteiger partial charge in [0.05, 0.1) is 6.20 Å². The molecule has 15 heavy (non-hydrogen) atoms. The molecule has 1 atom stereocenters. The molecule has 0 amide bonds. The van der Waals surface area contributed by atoms with E-state index >= 15 is 0 Å². The van der Waals surface area contributed by atoms with E-state index in [0.717, 1.165) is 0 Å². The van der Waals surface area contributed by atoms with Crippen molar-refractivity contribution in [3.63, 3.8) is 0 Å². The number of aromatic nitrogens is 2. The van der Waals surface area contributed by atoms with Crippen LogP contribution in [-0.4, -0.2) is 28.2 Å². The lowest BCUT2D eigenvalue weighted by Crippen LogP contribution is -2.17. The number of hydrogen-bond donors (Lipinski definition) is 4. The Hall–Kier alpha value is -1.11. The zero-order valence-corrected chi connectivity index (χ0v) is 9.12. The molecule has 0 radical (unpaired) electrons. The van der Waals surface area contributed by atoms with Gasteiger partial charge in [0.2, 0.25) is 5.95 Å². The highest BCUT2D eigenvalue weighted by atomic mass is 35.5. The van der Waals surface area contributed by atoms with Gasteiger partial charge in [0.15, 0.2) is 5.82 Å². The number of anilines is 2. The van der Waals surface area contributed by atoms with Crippen molar-refractivity contribution in [2.45, 2.75) is 6.92 Å².